The maximum Gasteiger partial charge on any atom is 0.321 e. The van der Waals surface area contributed by atoms with Crippen molar-refractivity contribution < 1.29 is 14.7 Å². The molecule has 0 aromatic rings. The predicted molar refractivity (Wildman–Crippen MR) is 77.2 cm³/mol. The van der Waals surface area contributed by atoms with Crippen molar-refractivity contribution in [3.63, 3.8) is 0 Å². The SMILES string of the molecule is CC1CCCCN1C(=O)CSC(C)(C)[C@@H](N)C(=O)O. The fraction of sp³-hybridized carbons (Fsp3) is 0.846. The molecule has 1 saturated heterocycles. The molecule has 3 N–H and O–H groups in total. The van der Waals surface area contributed by atoms with E-state index in [9.17, 15) is 9.59 Å². The van der Waals surface area contributed by atoms with Crippen LogP contribution in [0.1, 0.15) is 40.0 Å². The van der Waals surface area contributed by atoms with E-state index in [-0.39, 0.29) is 11.9 Å². The summed E-state index contributed by atoms with van der Waals surface area (Å²) in [7, 11) is 0. The van der Waals surface area contributed by atoms with Crippen LogP contribution in [0.15, 0.2) is 0 Å². The molecule has 0 bridgehead atoms. The summed E-state index contributed by atoms with van der Waals surface area (Å²) in [6.45, 7) is 6.41. The quantitative estimate of drug-likeness (QED) is 0.797. The smallest absolute Gasteiger partial charge is 0.321 e. The largest absolute Gasteiger partial charge is 0.480 e. The van der Waals surface area contributed by atoms with Crippen LogP contribution in [-0.2, 0) is 9.59 Å². The number of piperidine rings is 1. The third-order valence-electron chi connectivity index (χ3n) is 3.71. The molecule has 1 unspecified atom stereocenters. The molecule has 1 rings (SSSR count). The van der Waals surface area contributed by atoms with Gasteiger partial charge in [-0.3, -0.25) is 9.59 Å². The minimum atomic E-state index is -1.03. The molecule has 19 heavy (non-hydrogen) atoms. The molecule has 110 valence electrons. The maximum atomic E-state index is 12.2. The van der Waals surface area contributed by atoms with Gasteiger partial charge in [0, 0.05) is 17.3 Å². The Morgan fingerprint density at radius 2 is 2.11 bits per heavy atom. The minimum Gasteiger partial charge on any atom is -0.480 e. The van der Waals surface area contributed by atoms with E-state index >= 15 is 0 Å². The standard InChI is InChI=1S/C13H24N2O3S/c1-9-6-4-5-7-15(9)10(16)8-19-13(2,3)11(14)12(17)18/h9,11H,4-8,14H2,1-3H3,(H,17,18)/t9?,11-/m0/s1. The van der Waals surface area contributed by atoms with E-state index in [1.807, 2.05) is 4.90 Å². The molecule has 0 aromatic carbocycles. The van der Waals surface area contributed by atoms with Crippen molar-refractivity contribution >= 4 is 23.6 Å². The zero-order valence-corrected chi connectivity index (χ0v) is 12.7. The molecule has 0 aliphatic carbocycles. The summed E-state index contributed by atoms with van der Waals surface area (Å²) in [6.07, 6.45) is 3.28. The van der Waals surface area contributed by atoms with Crippen molar-refractivity contribution in [3.8, 4) is 0 Å². The van der Waals surface area contributed by atoms with Gasteiger partial charge < -0.3 is 15.7 Å². The number of hydrogen-bond acceptors (Lipinski definition) is 4. The number of likely N-dealkylation sites (tertiary alicyclic amines) is 1. The summed E-state index contributed by atoms with van der Waals surface area (Å²) in [4.78, 5) is 25.0. The molecular formula is C13H24N2O3S. The minimum absolute atomic E-state index is 0.0860. The Bertz CT molecular complexity index is 347. The van der Waals surface area contributed by atoms with Gasteiger partial charge in [-0.1, -0.05) is 0 Å². The Hall–Kier alpha value is -0.750. The molecule has 2 atom stereocenters. The lowest BCUT2D eigenvalue weighted by Gasteiger charge is -2.35. The average Bonchev–Trinajstić information content (AvgIpc) is 2.35. The van der Waals surface area contributed by atoms with Crippen molar-refractivity contribution in [2.45, 2.75) is 56.9 Å². The van der Waals surface area contributed by atoms with Crippen LogP contribution in [0.2, 0.25) is 0 Å². The fourth-order valence-electron chi connectivity index (χ4n) is 2.19. The number of carboxylic acids is 1. The van der Waals surface area contributed by atoms with Crippen LogP contribution in [0.4, 0.5) is 0 Å². The van der Waals surface area contributed by atoms with Gasteiger partial charge in [0.1, 0.15) is 6.04 Å². The molecule has 1 amide bonds. The Labute approximate surface area is 118 Å². The monoisotopic (exact) mass is 288 g/mol. The van der Waals surface area contributed by atoms with E-state index in [1.54, 1.807) is 13.8 Å². The molecule has 0 spiro atoms. The van der Waals surface area contributed by atoms with Gasteiger partial charge in [-0.15, -0.1) is 11.8 Å². The number of amides is 1. The van der Waals surface area contributed by atoms with Gasteiger partial charge in [0.2, 0.25) is 5.91 Å². The highest BCUT2D eigenvalue weighted by Gasteiger charge is 2.34. The lowest BCUT2D eigenvalue weighted by Crippen LogP contribution is -2.48. The highest BCUT2D eigenvalue weighted by Crippen LogP contribution is 2.28. The molecule has 0 radical (unpaired) electrons. The van der Waals surface area contributed by atoms with Gasteiger partial charge in [-0.25, -0.2) is 0 Å². The number of aliphatic carboxylic acids is 1. The zero-order chi connectivity index (χ0) is 14.6. The van der Waals surface area contributed by atoms with Gasteiger partial charge in [0.05, 0.1) is 5.75 Å². The number of carbonyl (C=O) groups excluding carboxylic acids is 1. The Kier molecular flexibility index (Phi) is 5.67. The maximum absolute atomic E-state index is 12.2. The van der Waals surface area contributed by atoms with Crippen molar-refractivity contribution in [1.29, 1.82) is 0 Å². The normalized spacial score (nSPS) is 22.1. The van der Waals surface area contributed by atoms with Crippen LogP contribution in [-0.4, -0.2) is 51.0 Å². The van der Waals surface area contributed by atoms with Crippen LogP contribution in [0, 0.1) is 0 Å². The molecule has 6 heteroatoms. The van der Waals surface area contributed by atoms with E-state index < -0.39 is 16.8 Å². The molecule has 1 aliphatic heterocycles. The van der Waals surface area contributed by atoms with Crippen LogP contribution >= 0.6 is 11.8 Å². The van der Waals surface area contributed by atoms with Crippen LogP contribution in [0.25, 0.3) is 0 Å². The summed E-state index contributed by atoms with van der Waals surface area (Å²) in [5.41, 5.74) is 5.64. The van der Waals surface area contributed by atoms with Gasteiger partial charge in [-0.05, 0) is 40.0 Å². The molecule has 5 nitrogen and oxygen atoms in total. The number of nitrogens with zero attached hydrogens (tertiary/aromatic N) is 1. The second kappa shape index (κ2) is 6.61. The first-order valence-corrected chi connectivity index (χ1v) is 7.66. The molecule has 0 aromatic heterocycles. The molecule has 1 fully saturated rings. The summed E-state index contributed by atoms with van der Waals surface area (Å²) >= 11 is 1.32. The highest BCUT2D eigenvalue weighted by atomic mass is 32.2. The Balaban J connectivity index is 2.51. The summed E-state index contributed by atoms with van der Waals surface area (Å²) in [5, 5.41) is 8.94. The van der Waals surface area contributed by atoms with Crippen molar-refractivity contribution in [2.24, 2.45) is 5.73 Å². The molecule has 1 aliphatic rings. The van der Waals surface area contributed by atoms with Crippen molar-refractivity contribution in [3.05, 3.63) is 0 Å². The predicted octanol–water partition coefficient (Wildman–Crippen LogP) is 1.31. The van der Waals surface area contributed by atoms with Crippen LogP contribution in [0.5, 0.6) is 0 Å². The summed E-state index contributed by atoms with van der Waals surface area (Å²) < 4.78 is -0.652. The fourth-order valence-corrected chi connectivity index (χ4v) is 3.13. The lowest BCUT2D eigenvalue weighted by atomic mass is 10.0. The van der Waals surface area contributed by atoms with Crippen LogP contribution < -0.4 is 5.73 Å². The van der Waals surface area contributed by atoms with Crippen molar-refractivity contribution in [2.75, 3.05) is 12.3 Å². The van der Waals surface area contributed by atoms with E-state index in [4.69, 9.17) is 10.8 Å². The highest BCUT2D eigenvalue weighted by molar-refractivity contribution is 8.01. The van der Waals surface area contributed by atoms with Crippen molar-refractivity contribution in [1.82, 2.24) is 4.90 Å². The number of rotatable bonds is 5. The summed E-state index contributed by atoms with van der Waals surface area (Å²) in [5.74, 6) is -0.655. The third kappa shape index (κ3) is 4.38. The number of hydrogen-bond donors (Lipinski definition) is 2. The van der Waals surface area contributed by atoms with Crippen LogP contribution in [0.3, 0.4) is 0 Å². The lowest BCUT2D eigenvalue weighted by molar-refractivity contribution is -0.139. The van der Waals surface area contributed by atoms with E-state index in [0.717, 1.165) is 19.4 Å². The molecule has 0 saturated carbocycles. The first-order valence-electron chi connectivity index (χ1n) is 6.67. The number of carboxylic acid groups (broad SMARTS) is 1. The zero-order valence-electron chi connectivity index (χ0n) is 11.9. The number of carbonyl (C=O) groups is 2. The average molecular weight is 288 g/mol. The topological polar surface area (TPSA) is 83.6 Å². The molecule has 1 heterocycles. The number of nitrogens with two attached hydrogens (primary N) is 1. The van der Waals surface area contributed by atoms with Gasteiger partial charge in [0.15, 0.2) is 0 Å². The molecular weight excluding hydrogens is 264 g/mol. The Morgan fingerprint density at radius 1 is 1.47 bits per heavy atom. The second-order valence-electron chi connectivity index (χ2n) is 5.64. The van der Waals surface area contributed by atoms with Gasteiger partial charge >= 0.3 is 5.97 Å². The summed E-state index contributed by atoms with van der Waals surface area (Å²) in [6, 6.07) is -0.679. The van der Waals surface area contributed by atoms with Gasteiger partial charge in [0.25, 0.3) is 0 Å². The first kappa shape index (κ1) is 16.3. The Morgan fingerprint density at radius 3 is 2.63 bits per heavy atom. The van der Waals surface area contributed by atoms with Gasteiger partial charge in [-0.2, -0.15) is 0 Å². The second-order valence-corrected chi connectivity index (χ2v) is 7.27. The van der Waals surface area contributed by atoms with E-state index in [0.29, 0.717) is 5.75 Å². The number of thioether (sulfide) groups is 1. The van der Waals surface area contributed by atoms with E-state index in [2.05, 4.69) is 6.92 Å². The third-order valence-corrected chi connectivity index (χ3v) is 5.10. The van der Waals surface area contributed by atoms with E-state index in [1.165, 1.54) is 18.2 Å². The first-order chi connectivity index (χ1) is 8.75.